The fraction of sp³-hybridized carbons (Fsp3) is 0.111. The summed E-state index contributed by atoms with van der Waals surface area (Å²) in [6, 6.07) is 29.1. The van der Waals surface area contributed by atoms with Crippen LogP contribution in [0.3, 0.4) is 0 Å². The average molecular weight is 501 g/mol. The van der Waals surface area contributed by atoms with Crippen molar-refractivity contribution < 1.29 is 14.3 Å². The zero-order valence-electron chi connectivity index (χ0n) is 17.8. The number of anilines is 1. The first-order chi connectivity index (χ1) is 16.2. The van der Waals surface area contributed by atoms with Crippen molar-refractivity contribution in [3.05, 3.63) is 118 Å². The number of fused-ring (bicyclic) bond motifs is 1. The Hall–Kier alpha value is -3.64. The maximum atomic E-state index is 13.2. The number of rotatable bonds is 7. The van der Waals surface area contributed by atoms with Gasteiger partial charge in [-0.2, -0.15) is 4.98 Å². The molecule has 1 aliphatic rings. The number of pyridine rings is 1. The molecular formula is C27H21BrN2O3. The summed E-state index contributed by atoms with van der Waals surface area (Å²) in [6.45, 7) is 1.18. The van der Waals surface area contributed by atoms with Gasteiger partial charge in [-0.15, -0.1) is 0 Å². The van der Waals surface area contributed by atoms with E-state index in [1.807, 2.05) is 84.9 Å². The van der Waals surface area contributed by atoms with Gasteiger partial charge in [-0.25, -0.2) is 0 Å². The molecule has 0 N–H and O–H groups in total. The Balaban J connectivity index is 1.43. The number of benzene rings is 3. The van der Waals surface area contributed by atoms with E-state index in [1.165, 1.54) is 0 Å². The monoisotopic (exact) mass is 500 g/mol. The first kappa shape index (κ1) is 21.2. The lowest BCUT2D eigenvalue weighted by atomic mass is 10.1. The predicted molar refractivity (Wildman–Crippen MR) is 130 cm³/mol. The van der Waals surface area contributed by atoms with Gasteiger partial charge in [-0.3, -0.25) is 9.69 Å². The van der Waals surface area contributed by atoms with Gasteiger partial charge >= 0.3 is 0 Å². The molecule has 1 aliphatic heterocycles. The van der Waals surface area contributed by atoms with Crippen LogP contribution < -0.4 is 14.4 Å². The van der Waals surface area contributed by atoms with Crippen molar-refractivity contribution in [2.75, 3.05) is 4.90 Å². The first-order valence-electron chi connectivity index (χ1n) is 10.6. The van der Waals surface area contributed by atoms with Gasteiger partial charge in [0.15, 0.2) is 0 Å². The highest BCUT2D eigenvalue weighted by atomic mass is 79.9. The van der Waals surface area contributed by atoms with Crippen LogP contribution in [0.25, 0.3) is 0 Å². The van der Waals surface area contributed by atoms with Crippen LogP contribution in [0.5, 0.6) is 11.8 Å². The molecule has 0 saturated carbocycles. The molecule has 5 nitrogen and oxygen atoms in total. The van der Waals surface area contributed by atoms with Crippen LogP contribution in [-0.2, 0) is 19.8 Å². The molecule has 0 atom stereocenters. The number of hydrogen-bond donors (Lipinski definition) is 0. The number of ether oxygens (including phenoxy) is 2. The van der Waals surface area contributed by atoms with Crippen molar-refractivity contribution in [1.82, 2.24) is 4.98 Å². The Kier molecular flexibility index (Phi) is 6.09. The number of hydrogen-bond acceptors (Lipinski definition) is 4. The van der Waals surface area contributed by atoms with Gasteiger partial charge in [0.05, 0.1) is 6.54 Å². The van der Waals surface area contributed by atoms with E-state index in [0.717, 1.165) is 21.2 Å². The Morgan fingerprint density at radius 1 is 0.788 bits per heavy atom. The third-order valence-electron chi connectivity index (χ3n) is 5.46. The molecule has 6 heteroatoms. The fourth-order valence-corrected chi connectivity index (χ4v) is 4.25. The summed E-state index contributed by atoms with van der Waals surface area (Å²) in [4.78, 5) is 19.5. The molecule has 5 rings (SSSR count). The Bertz CT molecular complexity index is 1280. The molecular weight excluding hydrogens is 480 g/mol. The van der Waals surface area contributed by atoms with Crippen LogP contribution in [0, 0.1) is 0 Å². The summed E-state index contributed by atoms with van der Waals surface area (Å²) in [7, 11) is 0. The molecule has 0 bridgehead atoms. The highest BCUT2D eigenvalue weighted by Crippen LogP contribution is 2.37. The molecule has 3 aromatic carbocycles. The average Bonchev–Trinajstić information content (AvgIpc) is 3.20. The molecule has 4 aromatic rings. The number of amides is 1. The summed E-state index contributed by atoms with van der Waals surface area (Å²) in [5.74, 6) is 0.730. The molecule has 0 aliphatic carbocycles. The Labute approximate surface area is 200 Å². The zero-order chi connectivity index (χ0) is 22.6. The molecule has 2 heterocycles. The summed E-state index contributed by atoms with van der Waals surface area (Å²) in [5.41, 5.74) is 4.32. The van der Waals surface area contributed by atoms with Crippen LogP contribution in [0.15, 0.2) is 95.5 Å². The van der Waals surface area contributed by atoms with E-state index in [4.69, 9.17) is 9.47 Å². The van der Waals surface area contributed by atoms with E-state index in [0.29, 0.717) is 42.8 Å². The van der Waals surface area contributed by atoms with Gasteiger partial charge in [-0.1, -0.05) is 82.7 Å². The minimum atomic E-state index is -0.0735. The Morgan fingerprint density at radius 3 is 2.12 bits per heavy atom. The molecule has 164 valence electrons. The maximum absolute atomic E-state index is 13.2. The zero-order valence-corrected chi connectivity index (χ0v) is 19.4. The van der Waals surface area contributed by atoms with Crippen LogP contribution in [0.1, 0.15) is 27.0 Å². The van der Waals surface area contributed by atoms with E-state index in [2.05, 4.69) is 20.9 Å². The van der Waals surface area contributed by atoms with Crippen molar-refractivity contribution in [2.45, 2.75) is 19.8 Å². The SMILES string of the molecule is O=C1c2cccc(Br)c2CN1c1ccc(OCc2ccccc2)nc1OCc1ccccc1. The van der Waals surface area contributed by atoms with Gasteiger partial charge < -0.3 is 9.47 Å². The minimum Gasteiger partial charge on any atom is -0.473 e. The van der Waals surface area contributed by atoms with Crippen molar-refractivity contribution in [2.24, 2.45) is 0 Å². The van der Waals surface area contributed by atoms with E-state index >= 15 is 0 Å². The number of carbonyl (C=O) groups is 1. The van der Waals surface area contributed by atoms with Gasteiger partial charge in [0.25, 0.3) is 5.91 Å². The molecule has 33 heavy (non-hydrogen) atoms. The minimum absolute atomic E-state index is 0.0735. The summed E-state index contributed by atoms with van der Waals surface area (Å²) < 4.78 is 12.9. The quantitative estimate of drug-likeness (QED) is 0.304. The number of aromatic nitrogens is 1. The van der Waals surface area contributed by atoms with Crippen molar-refractivity contribution >= 4 is 27.5 Å². The molecule has 0 saturated heterocycles. The molecule has 0 unspecified atom stereocenters. The second-order valence-corrected chi connectivity index (χ2v) is 8.53. The molecule has 1 amide bonds. The van der Waals surface area contributed by atoms with Crippen LogP contribution >= 0.6 is 15.9 Å². The smallest absolute Gasteiger partial charge is 0.259 e. The predicted octanol–water partition coefficient (Wildman–Crippen LogP) is 6.16. The second-order valence-electron chi connectivity index (χ2n) is 7.68. The summed E-state index contributed by atoms with van der Waals surface area (Å²) in [5, 5.41) is 0. The standard InChI is InChI=1S/C27H21BrN2O3/c28-23-13-7-12-21-22(23)16-30(27(21)31)24-14-15-25(32-17-19-8-3-1-4-9-19)29-26(24)33-18-20-10-5-2-6-11-20/h1-15H,16-18H2. The van der Waals surface area contributed by atoms with Gasteiger partial charge in [0.1, 0.15) is 18.9 Å². The van der Waals surface area contributed by atoms with Gasteiger partial charge in [0.2, 0.25) is 11.8 Å². The fourth-order valence-electron chi connectivity index (χ4n) is 3.76. The van der Waals surface area contributed by atoms with Crippen molar-refractivity contribution in [1.29, 1.82) is 0 Å². The van der Waals surface area contributed by atoms with E-state index < -0.39 is 0 Å². The van der Waals surface area contributed by atoms with Gasteiger partial charge in [0, 0.05) is 16.1 Å². The summed E-state index contributed by atoms with van der Waals surface area (Å²) in [6.07, 6.45) is 0. The molecule has 0 fully saturated rings. The van der Waals surface area contributed by atoms with Crippen molar-refractivity contribution in [3.63, 3.8) is 0 Å². The topological polar surface area (TPSA) is 51.7 Å². The van der Waals surface area contributed by atoms with Crippen LogP contribution in [-0.4, -0.2) is 10.9 Å². The van der Waals surface area contributed by atoms with Gasteiger partial charge in [-0.05, 0) is 34.9 Å². The van der Waals surface area contributed by atoms with E-state index in [9.17, 15) is 4.79 Å². The second kappa shape index (κ2) is 9.46. The molecule has 0 radical (unpaired) electrons. The van der Waals surface area contributed by atoms with E-state index in [-0.39, 0.29) is 5.91 Å². The third kappa shape index (κ3) is 4.61. The largest absolute Gasteiger partial charge is 0.473 e. The molecule has 0 spiro atoms. The Morgan fingerprint density at radius 2 is 1.45 bits per heavy atom. The lowest BCUT2D eigenvalue weighted by Gasteiger charge is -2.20. The highest BCUT2D eigenvalue weighted by molar-refractivity contribution is 9.10. The number of nitrogens with zero attached hydrogens (tertiary/aromatic N) is 2. The highest BCUT2D eigenvalue weighted by Gasteiger charge is 2.32. The number of halogens is 1. The first-order valence-corrected chi connectivity index (χ1v) is 11.4. The maximum Gasteiger partial charge on any atom is 0.259 e. The van der Waals surface area contributed by atoms with E-state index in [1.54, 1.807) is 11.0 Å². The van der Waals surface area contributed by atoms with Crippen molar-refractivity contribution in [3.8, 4) is 11.8 Å². The number of carbonyl (C=O) groups excluding carboxylic acids is 1. The third-order valence-corrected chi connectivity index (χ3v) is 6.21. The normalized spacial score (nSPS) is 12.5. The molecule has 1 aromatic heterocycles. The lowest BCUT2D eigenvalue weighted by molar-refractivity contribution is 0.0995. The summed E-state index contributed by atoms with van der Waals surface area (Å²) >= 11 is 3.56. The van der Waals surface area contributed by atoms with Crippen LogP contribution in [0.2, 0.25) is 0 Å². The lowest BCUT2D eigenvalue weighted by Crippen LogP contribution is -2.24. The van der Waals surface area contributed by atoms with Crippen LogP contribution in [0.4, 0.5) is 5.69 Å².